The first-order valence-corrected chi connectivity index (χ1v) is 11.0. The van der Waals surface area contributed by atoms with E-state index in [2.05, 4.69) is 37.6 Å². The molecule has 5 rings (SSSR count). The molecular weight excluding hydrogens is 348 g/mol. The van der Waals surface area contributed by atoms with Crippen LogP contribution in [0.3, 0.4) is 0 Å². The van der Waals surface area contributed by atoms with Crippen LogP contribution in [0.25, 0.3) is 11.3 Å². The first-order chi connectivity index (χ1) is 13.7. The van der Waals surface area contributed by atoms with Gasteiger partial charge in [0, 0.05) is 51.0 Å². The number of aryl methyl sites for hydroxylation is 2. The van der Waals surface area contributed by atoms with Gasteiger partial charge in [0.15, 0.2) is 0 Å². The predicted octanol–water partition coefficient (Wildman–Crippen LogP) is 2.79. The molecule has 6 nitrogen and oxygen atoms in total. The van der Waals surface area contributed by atoms with Gasteiger partial charge in [-0.1, -0.05) is 19.3 Å². The minimum atomic E-state index is 0.685. The second-order valence-electron chi connectivity index (χ2n) is 9.17. The summed E-state index contributed by atoms with van der Waals surface area (Å²) in [7, 11) is 1.94. The van der Waals surface area contributed by atoms with Crippen molar-refractivity contribution in [3.8, 4) is 11.3 Å². The lowest BCUT2D eigenvalue weighted by atomic mass is 9.89. The number of rotatable bonds is 6. The molecule has 3 aliphatic rings. The zero-order valence-electron chi connectivity index (χ0n) is 17.1. The molecule has 2 saturated carbocycles. The summed E-state index contributed by atoms with van der Waals surface area (Å²) in [4.78, 5) is 2.73. The van der Waals surface area contributed by atoms with Gasteiger partial charge in [-0.05, 0) is 49.7 Å². The van der Waals surface area contributed by atoms with E-state index in [1.807, 2.05) is 24.9 Å². The fourth-order valence-electron chi connectivity index (χ4n) is 5.47. The van der Waals surface area contributed by atoms with Crippen molar-refractivity contribution in [2.45, 2.75) is 51.6 Å². The summed E-state index contributed by atoms with van der Waals surface area (Å²) in [5, 5.41) is 17.0. The third-order valence-electron chi connectivity index (χ3n) is 7.04. The summed E-state index contributed by atoms with van der Waals surface area (Å²) >= 11 is 0. The Balaban J connectivity index is 1.08. The van der Waals surface area contributed by atoms with Crippen molar-refractivity contribution in [2.24, 2.45) is 24.8 Å². The maximum atomic E-state index is 4.43. The second-order valence-corrected chi connectivity index (χ2v) is 9.17. The van der Waals surface area contributed by atoms with E-state index in [1.54, 1.807) is 0 Å². The van der Waals surface area contributed by atoms with Crippen molar-refractivity contribution in [1.82, 2.24) is 30.2 Å². The summed E-state index contributed by atoms with van der Waals surface area (Å²) < 4.78 is 1.82. The lowest BCUT2D eigenvalue weighted by Gasteiger charge is -2.28. The highest BCUT2D eigenvalue weighted by atomic mass is 15.3. The van der Waals surface area contributed by atoms with Gasteiger partial charge in [-0.3, -0.25) is 4.68 Å². The summed E-state index contributed by atoms with van der Waals surface area (Å²) in [5.41, 5.74) is 3.97. The molecule has 28 heavy (non-hydrogen) atoms. The van der Waals surface area contributed by atoms with Crippen LogP contribution in [-0.4, -0.2) is 50.6 Å². The van der Waals surface area contributed by atoms with Crippen LogP contribution in [0, 0.1) is 24.7 Å². The second kappa shape index (κ2) is 7.56. The van der Waals surface area contributed by atoms with Gasteiger partial charge in [-0.15, -0.1) is 0 Å². The molecule has 2 atom stereocenters. The normalized spacial score (nSPS) is 27.9. The average Bonchev–Trinajstić information content (AvgIpc) is 2.99. The molecule has 0 amide bonds. The molecule has 150 valence electrons. The van der Waals surface area contributed by atoms with Gasteiger partial charge >= 0.3 is 0 Å². The van der Waals surface area contributed by atoms with Gasteiger partial charge in [0.2, 0.25) is 0 Å². The maximum absolute atomic E-state index is 4.43. The van der Waals surface area contributed by atoms with E-state index in [1.165, 1.54) is 51.7 Å². The summed E-state index contributed by atoms with van der Waals surface area (Å²) in [6.07, 6.45) is 9.29. The first kappa shape index (κ1) is 18.3. The third kappa shape index (κ3) is 3.72. The molecule has 1 aliphatic heterocycles. The molecule has 3 heterocycles. The molecule has 0 bridgehead atoms. The monoisotopic (exact) mass is 380 g/mol. The standard InChI is InChI=1S/C22H32N6/c1-15-18(12-27(2)26-15)21-9-8-17(24-25-21)10-23-22-19-13-28(14-20(19)22)11-16-6-4-3-5-7-16/h8-9,12,16,19-20,22-23H,3-7,10-11,13-14H2,1-2H3/t19-,20-/m1/s1. The molecular formula is C22H32N6. The Morgan fingerprint density at radius 2 is 1.86 bits per heavy atom. The van der Waals surface area contributed by atoms with Gasteiger partial charge in [0.1, 0.15) is 0 Å². The molecule has 0 radical (unpaired) electrons. The SMILES string of the molecule is Cc1nn(C)cc1-c1ccc(CNC2[C@@H]3CN(CC4CCCCC4)C[C@@H]23)nn1. The number of aromatic nitrogens is 4. The van der Waals surface area contributed by atoms with Crippen LogP contribution in [0.15, 0.2) is 18.3 Å². The van der Waals surface area contributed by atoms with Crippen LogP contribution in [0.4, 0.5) is 0 Å². The van der Waals surface area contributed by atoms with Crippen LogP contribution < -0.4 is 5.32 Å². The van der Waals surface area contributed by atoms with Gasteiger partial charge < -0.3 is 10.2 Å². The Bertz CT molecular complexity index is 795. The Kier molecular flexibility index (Phi) is 4.93. The molecule has 3 fully saturated rings. The third-order valence-corrected chi connectivity index (χ3v) is 7.04. The van der Waals surface area contributed by atoms with Crippen molar-refractivity contribution < 1.29 is 0 Å². The molecule has 2 aromatic heterocycles. The Morgan fingerprint density at radius 1 is 1.07 bits per heavy atom. The molecule has 0 aromatic carbocycles. The predicted molar refractivity (Wildman–Crippen MR) is 110 cm³/mol. The van der Waals surface area contributed by atoms with Crippen LogP contribution in [0.1, 0.15) is 43.5 Å². The molecule has 0 unspecified atom stereocenters. The Morgan fingerprint density at radius 3 is 2.50 bits per heavy atom. The smallest absolute Gasteiger partial charge is 0.0964 e. The van der Waals surface area contributed by atoms with Crippen LogP contribution in [0.2, 0.25) is 0 Å². The van der Waals surface area contributed by atoms with E-state index in [0.29, 0.717) is 6.04 Å². The number of piperidine rings is 1. The van der Waals surface area contributed by atoms with Crippen LogP contribution >= 0.6 is 0 Å². The van der Waals surface area contributed by atoms with E-state index < -0.39 is 0 Å². The maximum Gasteiger partial charge on any atom is 0.0964 e. The first-order valence-electron chi connectivity index (χ1n) is 11.0. The minimum Gasteiger partial charge on any atom is -0.308 e. The molecule has 1 saturated heterocycles. The summed E-state index contributed by atoms with van der Waals surface area (Å²) in [6, 6.07) is 4.84. The molecule has 2 aliphatic carbocycles. The highest BCUT2D eigenvalue weighted by Crippen LogP contribution is 2.46. The van der Waals surface area contributed by atoms with E-state index in [9.17, 15) is 0 Å². The van der Waals surface area contributed by atoms with Gasteiger partial charge in [-0.25, -0.2) is 0 Å². The lowest BCUT2D eigenvalue weighted by molar-refractivity contribution is 0.211. The zero-order valence-corrected chi connectivity index (χ0v) is 17.1. The van der Waals surface area contributed by atoms with Crippen molar-refractivity contribution in [1.29, 1.82) is 0 Å². The van der Waals surface area contributed by atoms with Crippen molar-refractivity contribution in [3.05, 3.63) is 29.7 Å². The van der Waals surface area contributed by atoms with Crippen molar-refractivity contribution in [2.75, 3.05) is 19.6 Å². The van der Waals surface area contributed by atoms with E-state index in [-0.39, 0.29) is 0 Å². The number of fused-ring (bicyclic) bond motifs is 1. The van der Waals surface area contributed by atoms with Crippen molar-refractivity contribution in [3.63, 3.8) is 0 Å². The quantitative estimate of drug-likeness (QED) is 0.835. The van der Waals surface area contributed by atoms with E-state index >= 15 is 0 Å². The fraction of sp³-hybridized carbons (Fsp3) is 0.682. The average molecular weight is 381 g/mol. The van der Waals surface area contributed by atoms with Gasteiger partial charge in [0.05, 0.1) is 17.1 Å². The van der Waals surface area contributed by atoms with Gasteiger partial charge in [-0.2, -0.15) is 15.3 Å². The molecule has 2 aromatic rings. The Hall–Kier alpha value is -1.79. The molecule has 0 spiro atoms. The topological polar surface area (TPSA) is 58.9 Å². The highest BCUT2D eigenvalue weighted by Gasteiger charge is 2.55. The summed E-state index contributed by atoms with van der Waals surface area (Å²) in [6.45, 7) is 6.77. The van der Waals surface area contributed by atoms with E-state index in [4.69, 9.17) is 0 Å². The van der Waals surface area contributed by atoms with Gasteiger partial charge in [0.25, 0.3) is 0 Å². The number of likely N-dealkylation sites (tertiary alicyclic amines) is 1. The number of hydrogen-bond donors (Lipinski definition) is 1. The summed E-state index contributed by atoms with van der Waals surface area (Å²) in [5.74, 6) is 2.68. The van der Waals surface area contributed by atoms with E-state index in [0.717, 1.165) is 46.9 Å². The zero-order chi connectivity index (χ0) is 19.1. The largest absolute Gasteiger partial charge is 0.308 e. The minimum absolute atomic E-state index is 0.685. The molecule has 1 N–H and O–H groups in total. The number of nitrogens with zero attached hydrogens (tertiary/aromatic N) is 5. The fourth-order valence-corrected chi connectivity index (χ4v) is 5.47. The van der Waals surface area contributed by atoms with Crippen LogP contribution in [0.5, 0.6) is 0 Å². The van der Waals surface area contributed by atoms with Crippen LogP contribution in [-0.2, 0) is 13.6 Å². The van der Waals surface area contributed by atoms with Crippen molar-refractivity contribution >= 4 is 0 Å². The Labute approximate surface area is 167 Å². The molecule has 6 heteroatoms. The lowest BCUT2D eigenvalue weighted by Crippen LogP contribution is -2.34. The number of hydrogen-bond acceptors (Lipinski definition) is 5. The highest BCUT2D eigenvalue weighted by molar-refractivity contribution is 5.60. The number of nitrogens with one attached hydrogen (secondary N) is 1.